The number of hydrogen-bond acceptors (Lipinski definition) is 2. The van der Waals surface area contributed by atoms with Gasteiger partial charge in [-0.05, 0) is 47.5 Å². The second-order valence-electron chi connectivity index (χ2n) is 3.06. The Labute approximate surface area is 80.7 Å². The Bertz CT molecular complexity index is 345. The molecule has 12 heavy (non-hydrogen) atoms. The monoisotopic (exact) mass is 247 g/mol. The Morgan fingerprint density at radius 2 is 2.00 bits per heavy atom. The van der Waals surface area contributed by atoms with Crippen molar-refractivity contribution in [2.75, 3.05) is 19.1 Å². The molecule has 1 rings (SSSR count). The van der Waals surface area contributed by atoms with Crippen molar-refractivity contribution in [1.29, 1.82) is 0 Å². The lowest BCUT2D eigenvalue weighted by Gasteiger charge is -2.07. The van der Waals surface area contributed by atoms with Crippen LogP contribution < -0.4 is 11.0 Å². The molecule has 0 saturated heterocycles. The van der Waals surface area contributed by atoms with E-state index in [0.717, 1.165) is 9.78 Å². The molecular formula is C8H11BrNOP. The van der Waals surface area contributed by atoms with Gasteiger partial charge in [-0.1, -0.05) is 0 Å². The minimum atomic E-state index is -2.15. The third-order valence-electron chi connectivity index (χ3n) is 1.61. The smallest absolute Gasteiger partial charge is 0.109 e. The van der Waals surface area contributed by atoms with Crippen LogP contribution in [0.25, 0.3) is 0 Å². The van der Waals surface area contributed by atoms with Gasteiger partial charge in [0.2, 0.25) is 0 Å². The molecule has 0 aromatic heterocycles. The Balaban J connectivity index is 3.23. The summed E-state index contributed by atoms with van der Waals surface area (Å²) in [5, 5.41) is 0.851. The van der Waals surface area contributed by atoms with Crippen LogP contribution in [0, 0.1) is 0 Å². The predicted octanol–water partition coefficient (Wildman–Crippen LogP) is 2.28. The van der Waals surface area contributed by atoms with E-state index in [2.05, 4.69) is 15.9 Å². The zero-order valence-electron chi connectivity index (χ0n) is 7.04. The molecule has 0 aliphatic heterocycles. The van der Waals surface area contributed by atoms with Gasteiger partial charge >= 0.3 is 0 Å². The highest BCUT2D eigenvalue weighted by Gasteiger charge is 2.11. The molecule has 0 heterocycles. The van der Waals surface area contributed by atoms with Crippen molar-refractivity contribution in [3.8, 4) is 0 Å². The summed E-state index contributed by atoms with van der Waals surface area (Å²) in [5.41, 5.74) is 6.27. The minimum absolute atomic E-state index is 0.673. The second-order valence-corrected chi connectivity index (χ2v) is 7.13. The molecule has 2 N–H and O–H groups in total. The Kier molecular flexibility index (Phi) is 2.64. The fraction of sp³-hybridized carbons (Fsp3) is 0.250. The molecule has 4 heteroatoms. The molecule has 2 nitrogen and oxygen atoms in total. The van der Waals surface area contributed by atoms with Crippen LogP contribution in [0.3, 0.4) is 0 Å². The van der Waals surface area contributed by atoms with Gasteiger partial charge in [-0.2, -0.15) is 0 Å². The highest BCUT2D eigenvalue weighted by Crippen LogP contribution is 2.36. The number of rotatable bonds is 1. The number of hydrogen-bond donors (Lipinski definition) is 1. The van der Waals surface area contributed by atoms with Crippen LogP contribution in [0.5, 0.6) is 0 Å². The van der Waals surface area contributed by atoms with Crippen molar-refractivity contribution in [3.05, 3.63) is 22.7 Å². The summed E-state index contributed by atoms with van der Waals surface area (Å²) in [6.07, 6.45) is 0. The molecule has 0 saturated carbocycles. The van der Waals surface area contributed by atoms with Gasteiger partial charge in [-0.25, -0.2) is 0 Å². The van der Waals surface area contributed by atoms with Gasteiger partial charge in [0.1, 0.15) is 7.14 Å². The molecule has 0 unspecified atom stereocenters. The van der Waals surface area contributed by atoms with Gasteiger partial charge in [0.05, 0.1) is 0 Å². The molecule has 0 aliphatic rings. The largest absolute Gasteiger partial charge is 0.398 e. The zero-order valence-corrected chi connectivity index (χ0v) is 9.52. The number of anilines is 1. The molecule has 0 bridgehead atoms. The molecule has 0 aliphatic carbocycles. The third kappa shape index (κ3) is 2.11. The maximum Gasteiger partial charge on any atom is 0.109 e. The number of nitrogens with two attached hydrogens (primary N) is 1. The van der Waals surface area contributed by atoms with Crippen LogP contribution in [-0.2, 0) is 4.57 Å². The highest BCUT2D eigenvalue weighted by atomic mass is 79.9. The summed E-state index contributed by atoms with van der Waals surface area (Å²) >= 11 is 3.29. The molecule has 1 aromatic carbocycles. The van der Waals surface area contributed by atoms with E-state index in [-0.39, 0.29) is 0 Å². The zero-order chi connectivity index (χ0) is 9.35. The van der Waals surface area contributed by atoms with Crippen LogP contribution in [0.15, 0.2) is 22.7 Å². The molecule has 0 spiro atoms. The van der Waals surface area contributed by atoms with E-state index >= 15 is 0 Å². The van der Waals surface area contributed by atoms with E-state index in [4.69, 9.17) is 5.73 Å². The standard InChI is InChI=1S/C8H11BrNOP/c1-12(2,11)6-3-4-8(10)7(9)5-6/h3-5H,10H2,1-2H3. The Morgan fingerprint density at radius 1 is 1.42 bits per heavy atom. The van der Waals surface area contributed by atoms with Gasteiger partial charge in [0.25, 0.3) is 0 Å². The van der Waals surface area contributed by atoms with Crippen LogP contribution in [0.1, 0.15) is 0 Å². The summed E-state index contributed by atoms with van der Waals surface area (Å²) in [6, 6.07) is 5.38. The second kappa shape index (κ2) is 3.23. The molecule has 0 radical (unpaired) electrons. The lowest BCUT2D eigenvalue weighted by Crippen LogP contribution is -2.03. The van der Waals surface area contributed by atoms with E-state index < -0.39 is 7.14 Å². The summed E-state index contributed by atoms with van der Waals surface area (Å²) in [6.45, 7) is 3.48. The lowest BCUT2D eigenvalue weighted by atomic mass is 10.3. The number of nitrogen functional groups attached to an aromatic ring is 1. The Hall–Kier alpha value is -0.270. The summed E-state index contributed by atoms with van der Waals surface area (Å²) in [4.78, 5) is 0. The number of benzene rings is 1. The van der Waals surface area contributed by atoms with Gasteiger partial charge in [-0.3, -0.25) is 0 Å². The van der Waals surface area contributed by atoms with Gasteiger partial charge in [0, 0.05) is 15.5 Å². The number of halogens is 1. The molecule has 1 aromatic rings. The van der Waals surface area contributed by atoms with E-state index in [9.17, 15) is 4.57 Å². The van der Waals surface area contributed by atoms with Gasteiger partial charge in [-0.15, -0.1) is 0 Å². The quantitative estimate of drug-likeness (QED) is 0.612. The van der Waals surface area contributed by atoms with Gasteiger partial charge < -0.3 is 10.3 Å². The first-order valence-corrected chi connectivity index (χ1v) is 6.91. The van der Waals surface area contributed by atoms with Crippen molar-refractivity contribution >= 4 is 34.1 Å². The van der Waals surface area contributed by atoms with Crippen molar-refractivity contribution in [2.24, 2.45) is 0 Å². The fourth-order valence-electron chi connectivity index (χ4n) is 0.851. The van der Waals surface area contributed by atoms with Crippen molar-refractivity contribution in [3.63, 3.8) is 0 Å². The molecule has 66 valence electrons. The predicted molar refractivity (Wildman–Crippen MR) is 57.6 cm³/mol. The third-order valence-corrected chi connectivity index (χ3v) is 3.81. The van der Waals surface area contributed by atoms with Crippen molar-refractivity contribution < 1.29 is 4.57 Å². The molecule has 0 atom stereocenters. The van der Waals surface area contributed by atoms with Crippen LogP contribution in [-0.4, -0.2) is 13.3 Å². The van der Waals surface area contributed by atoms with Gasteiger partial charge in [0.15, 0.2) is 0 Å². The van der Waals surface area contributed by atoms with Crippen LogP contribution >= 0.6 is 23.1 Å². The summed E-state index contributed by atoms with van der Waals surface area (Å²) in [5.74, 6) is 0. The lowest BCUT2D eigenvalue weighted by molar-refractivity contribution is 0.588. The van der Waals surface area contributed by atoms with E-state index in [0.29, 0.717) is 5.69 Å². The summed E-state index contributed by atoms with van der Waals surface area (Å²) < 4.78 is 12.4. The summed E-state index contributed by atoms with van der Waals surface area (Å²) in [7, 11) is -2.15. The van der Waals surface area contributed by atoms with E-state index in [1.807, 2.05) is 6.07 Å². The van der Waals surface area contributed by atoms with E-state index in [1.165, 1.54) is 0 Å². The maximum absolute atomic E-state index is 11.6. The molecular weight excluding hydrogens is 237 g/mol. The normalized spacial score (nSPS) is 11.6. The molecule has 0 amide bonds. The van der Waals surface area contributed by atoms with Crippen molar-refractivity contribution in [2.45, 2.75) is 0 Å². The fourth-order valence-corrected chi connectivity index (χ4v) is 2.28. The molecule has 0 fully saturated rings. The first kappa shape index (κ1) is 9.82. The first-order chi connectivity index (χ1) is 5.41. The van der Waals surface area contributed by atoms with Crippen LogP contribution in [0.2, 0.25) is 0 Å². The van der Waals surface area contributed by atoms with E-state index in [1.54, 1.807) is 25.5 Å². The highest BCUT2D eigenvalue weighted by molar-refractivity contribution is 9.10. The maximum atomic E-state index is 11.6. The Morgan fingerprint density at radius 3 is 2.42 bits per heavy atom. The topological polar surface area (TPSA) is 43.1 Å². The van der Waals surface area contributed by atoms with Crippen molar-refractivity contribution in [1.82, 2.24) is 0 Å². The SMILES string of the molecule is CP(C)(=O)c1ccc(N)c(Br)c1. The van der Waals surface area contributed by atoms with Crippen LogP contribution in [0.4, 0.5) is 5.69 Å². The first-order valence-electron chi connectivity index (χ1n) is 3.52. The minimum Gasteiger partial charge on any atom is -0.398 e. The average Bonchev–Trinajstić information content (AvgIpc) is 1.92. The average molecular weight is 248 g/mol.